The topological polar surface area (TPSA) is 62.5 Å². The quantitative estimate of drug-likeness (QED) is 0.812. The molecule has 0 fully saturated rings. The molecular weight excluding hydrogens is 252 g/mol. The Labute approximate surface area is 120 Å². The van der Waals surface area contributed by atoms with Crippen molar-refractivity contribution in [2.24, 2.45) is 5.92 Å². The van der Waals surface area contributed by atoms with Crippen LogP contribution in [0.3, 0.4) is 0 Å². The van der Waals surface area contributed by atoms with Crippen LogP contribution in [0.5, 0.6) is 0 Å². The number of aromatic nitrogens is 3. The van der Waals surface area contributed by atoms with E-state index in [-0.39, 0.29) is 0 Å². The number of imidazole rings is 1. The zero-order valence-corrected chi connectivity index (χ0v) is 12.5. The maximum Gasteiger partial charge on any atom is 0.233 e. The summed E-state index contributed by atoms with van der Waals surface area (Å²) in [6.07, 6.45) is 7.35. The van der Waals surface area contributed by atoms with Crippen LogP contribution >= 0.6 is 0 Å². The van der Waals surface area contributed by atoms with E-state index >= 15 is 0 Å². The molecule has 0 amide bonds. The second kappa shape index (κ2) is 6.33. The molecule has 0 bridgehead atoms. The normalized spacial score (nSPS) is 14.8. The Bertz CT molecular complexity index is 548. The van der Waals surface area contributed by atoms with E-state index < -0.39 is 5.60 Å². The molecule has 0 aliphatic rings. The largest absolute Gasteiger partial charge is 0.389 e. The fraction of sp³-hybridized carbons (Fsp3) is 0.600. The van der Waals surface area contributed by atoms with E-state index in [0.717, 1.165) is 18.5 Å². The molecule has 2 heterocycles. The van der Waals surface area contributed by atoms with Crippen molar-refractivity contribution in [3.05, 3.63) is 30.4 Å². The first-order valence-electron chi connectivity index (χ1n) is 7.18. The summed E-state index contributed by atoms with van der Waals surface area (Å²) < 4.78 is 1.95. The molecule has 0 saturated carbocycles. The van der Waals surface area contributed by atoms with Gasteiger partial charge in [0.05, 0.1) is 17.5 Å². The molecule has 110 valence electrons. The van der Waals surface area contributed by atoms with E-state index in [4.69, 9.17) is 0 Å². The average molecular weight is 276 g/mol. The van der Waals surface area contributed by atoms with Gasteiger partial charge in [-0.1, -0.05) is 13.8 Å². The lowest BCUT2D eigenvalue weighted by Crippen LogP contribution is -2.37. The van der Waals surface area contributed by atoms with Gasteiger partial charge in [-0.15, -0.1) is 0 Å². The number of hydrogen-bond donors (Lipinski definition) is 2. The Morgan fingerprint density at radius 1 is 1.40 bits per heavy atom. The minimum atomic E-state index is -0.664. The van der Waals surface area contributed by atoms with Crippen molar-refractivity contribution in [3.63, 3.8) is 0 Å². The monoisotopic (exact) mass is 276 g/mol. The van der Waals surface area contributed by atoms with E-state index in [1.165, 1.54) is 0 Å². The first-order valence-corrected chi connectivity index (χ1v) is 7.18. The molecule has 2 N–H and O–H groups in total. The second-order valence-electron chi connectivity index (χ2n) is 6.07. The lowest BCUT2D eigenvalue weighted by molar-refractivity contribution is 0.0450. The molecule has 0 radical (unpaired) electrons. The lowest BCUT2D eigenvalue weighted by Gasteiger charge is -2.24. The smallest absolute Gasteiger partial charge is 0.233 e. The zero-order chi connectivity index (χ0) is 14.6. The molecule has 0 aliphatic heterocycles. The number of nitrogens with zero attached hydrogens (tertiary/aromatic N) is 3. The fourth-order valence-corrected chi connectivity index (χ4v) is 2.16. The minimum Gasteiger partial charge on any atom is -0.389 e. The van der Waals surface area contributed by atoms with Crippen LogP contribution in [-0.4, -0.2) is 31.6 Å². The summed E-state index contributed by atoms with van der Waals surface area (Å²) in [5, 5.41) is 13.6. The van der Waals surface area contributed by atoms with Crippen LogP contribution in [0, 0.1) is 5.92 Å². The third-order valence-corrected chi connectivity index (χ3v) is 3.44. The van der Waals surface area contributed by atoms with Gasteiger partial charge in [0.25, 0.3) is 0 Å². The van der Waals surface area contributed by atoms with Gasteiger partial charge in [0, 0.05) is 25.5 Å². The Balaban J connectivity index is 1.86. The molecule has 1 unspecified atom stereocenters. The Hall–Kier alpha value is -1.46. The highest BCUT2D eigenvalue weighted by atomic mass is 16.3. The van der Waals surface area contributed by atoms with Gasteiger partial charge in [0.2, 0.25) is 5.78 Å². The molecular formula is C15H24N4O. The predicted octanol–water partition coefficient (Wildman–Crippen LogP) is 2.01. The third kappa shape index (κ3) is 4.02. The van der Waals surface area contributed by atoms with E-state index in [0.29, 0.717) is 24.8 Å². The SMILES string of the molecule is CC(C)CCC(C)(O)CNCc1cnc2ncccn12. The number of fused-ring (bicyclic) bond motifs is 1. The van der Waals surface area contributed by atoms with Crippen molar-refractivity contribution >= 4 is 5.78 Å². The van der Waals surface area contributed by atoms with Crippen LogP contribution < -0.4 is 5.32 Å². The predicted molar refractivity (Wildman–Crippen MR) is 79.4 cm³/mol. The van der Waals surface area contributed by atoms with Crippen LogP contribution in [0.2, 0.25) is 0 Å². The zero-order valence-electron chi connectivity index (χ0n) is 12.5. The van der Waals surface area contributed by atoms with Crippen molar-refractivity contribution in [1.82, 2.24) is 19.7 Å². The van der Waals surface area contributed by atoms with Gasteiger partial charge >= 0.3 is 0 Å². The van der Waals surface area contributed by atoms with Gasteiger partial charge in [-0.2, -0.15) is 0 Å². The highest BCUT2D eigenvalue weighted by Gasteiger charge is 2.20. The van der Waals surface area contributed by atoms with E-state index in [1.807, 2.05) is 29.8 Å². The third-order valence-electron chi connectivity index (χ3n) is 3.44. The van der Waals surface area contributed by atoms with Crippen LogP contribution in [0.1, 0.15) is 39.3 Å². The highest BCUT2D eigenvalue weighted by molar-refractivity contribution is 5.30. The second-order valence-corrected chi connectivity index (χ2v) is 6.07. The summed E-state index contributed by atoms with van der Waals surface area (Å²) in [7, 11) is 0. The summed E-state index contributed by atoms with van der Waals surface area (Å²) in [4.78, 5) is 8.42. The molecule has 2 aromatic heterocycles. The van der Waals surface area contributed by atoms with Gasteiger partial charge in [-0.3, -0.25) is 4.40 Å². The summed E-state index contributed by atoms with van der Waals surface area (Å²) in [6.45, 7) is 7.49. The first kappa shape index (κ1) is 14.9. The molecule has 0 aliphatic carbocycles. The molecule has 0 saturated heterocycles. The molecule has 1 atom stereocenters. The number of rotatable bonds is 7. The molecule has 2 aromatic rings. The molecule has 0 aromatic carbocycles. The lowest BCUT2D eigenvalue weighted by atomic mass is 9.95. The highest BCUT2D eigenvalue weighted by Crippen LogP contribution is 2.15. The van der Waals surface area contributed by atoms with E-state index in [2.05, 4.69) is 29.1 Å². The van der Waals surface area contributed by atoms with Crippen LogP contribution in [0.25, 0.3) is 5.78 Å². The van der Waals surface area contributed by atoms with Gasteiger partial charge in [0.15, 0.2) is 0 Å². The summed E-state index contributed by atoms with van der Waals surface area (Å²) in [6, 6.07) is 1.89. The van der Waals surface area contributed by atoms with E-state index in [1.54, 1.807) is 6.20 Å². The molecule has 20 heavy (non-hydrogen) atoms. The van der Waals surface area contributed by atoms with Gasteiger partial charge < -0.3 is 10.4 Å². The molecule has 0 spiro atoms. The fourth-order valence-electron chi connectivity index (χ4n) is 2.16. The standard InChI is InChI=1S/C15H24N4O/c1-12(2)5-6-15(3,20)11-16-9-13-10-18-14-17-7-4-8-19(13)14/h4,7-8,10,12,16,20H,5-6,9,11H2,1-3H3. The maximum atomic E-state index is 10.3. The summed E-state index contributed by atoms with van der Waals surface area (Å²) >= 11 is 0. The minimum absolute atomic E-state index is 0.577. The van der Waals surface area contributed by atoms with Crippen LogP contribution in [-0.2, 0) is 6.54 Å². The summed E-state index contributed by atoms with van der Waals surface area (Å²) in [5.74, 6) is 1.32. The van der Waals surface area contributed by atoms with Crippen molar-refractivity contribution in [2.45, 2.75) is 45.8 Å². The first-order chi connectivity index (χ1) is 9.48. The van der Waals surface area contributed by atoms with Crippen molar-refractivity contribution in [1.29, 1.82) is 0 Å². The van der Waals surface area contributed by atoms with Crippen molar-refractivity contribution in [3.8, 4) is 0 Å². The number of hydrogen-bond acceptors (Lipinski definition) is 4. The maximum absolute atomic E-state index is 10.3. The van der Waals surface area contributed by atoms with Crippen LogP contribution in [0.4, 0.5) is 0 Å². The number of aliphatic hydroxyl groups is 1. The number of nitrogens with one attached hydrogen (secondary N) is 1. The van der Waals surface area contributed by atoms with Crippen molar-refractivity contribution < 1.29 is 5.11 Å². The molecule has 2 rings (SSSR count). The summed E-state index contributed by atoms with van der Waals surface area (Å²) in [5.41, 5.74) is 0.385. The van der Waals surface area contributed by atoms with Gasteiger partial charge in [-0.05, 0) is 31.7 Å². The van der Waals surface area contributed by atoms with Crippen LogP contribution in [0.15, 0.2) is 24.7 Å². The Kier molecular flexibility index (Phi) is 4.73. The Morgan fingerprint density at radius 3 is 2.95 bits per heavy atom. The molecule has 5 nitrogen and oxygen atoms in total. The molecule has 5 heteroatoms. The van der Waals surface area contributed by atoms with Crippen molar-refractivity contribution in [2.75, 3.05) is 6.54 Å². The van der Waals surface area contributed by atoms with Gasteiger partial charge in [-0.25, -0.2) is 9.97 Å². The van der Waals surface area contributed by atoms with Gasteiger partial charge in [0.1, 0.15) is 0 Å². The Morgan fingerprint density at radius 2 is 2.20 bits per heavy atom. The van der Waals surface area contributed by atoms with E-state index in [9.17, 15) is 5.11 Å². The average Bonchev–Trinajstić information content (AvgIpc) is 2.80.